The fourth-order valence-electron chi connectivity index (χ4n) is 2.52. The fraction of sp³-hybridized carbons (Fsp3) is 0.333. The number of hydrogen-bond acceptors (Lipinski definition) is 4. The molecule has 0 N–H and O–H groups in total. The second-order valence-electron chi connectivity index (χ2n) is 5.60. The van der Waals surface area contributed by atoms with Crippen LogP contribution >= 0.6 is 34.5 Å². The van der Waals surface area contributed by atoms with Crippen molar-refractivity contribution >= 4 is 50.3 Å². The minimum atomic E-state index is -3.10. The first-order valence-electron chi connectivity index (χ1n) is 7.21. The van der Waals surface area contributed by atoms with E-state index in [2.05, 4.69) is 4.99 Å². The summed E-state index contributed by atoms with van der Waals surface area (Å²) in [6, 6.07) is 5.24. The maximum absolute atomic E-state index is 12.2. The van der Waals surface area contributed by atoms with Crippen LogP contribution in [0.2, 0.25) is 10.0 Å². The van der Waals surface area contributed by atoms with Crippen molar-refractivity contribution < 1.29 is 13.2 Å². The number of carbonyl (C=O) groups is 1. The van der Waals surface area contributed by atoms with E-state index in [1.54, 1.807) is 16.7 Å². The van der Waals surface area contributed by atoms with Gasteiger partial charge in [0.05, 0.1) is 24.0 Å². The Morgan fingerprint density at radius 1 is 1.38 bits per heavy atom. The summed E-state index contributed by atoms with van der Waals surface area (Å²) >= 11 is 13.4. The number of thiazole rings is 1. The highest BCUT2D eigenvalue weighted by molar-refractivity contribution is 7.91. The molecule has 1 aromatic heterocycles. The van der Waals surface area contributed by atoms with Gasteiger partial charge in [-0.05, 0) is 24.1 Å². The summed E-state index contributed by atoms with van der Waals surface area (Å²) in [6.45, 7) is 0.453. The average Bonchev–Trinajstić information content (AvgIpc) is 3.08. The van der Waals surface area contributed by atoms with Crippen molar-refractivity contribution in [3.05, 3.63) is 50.2 Å². The normalized spacial score (nSPS) is 20.4. The number of sulfone groups is 1. The van der Waals surface area contributed by atoms with Gasteiger partial charge in [0, 0.05) is 21.6 Å². The highest BCUT2D eigenvalue weighted by Crippen LogP contribution is 2.22. The molecule has 0 radical (unpaired) electrons. The Morgan fingerprint density at radius 2 is 2.17 bits per heavy atom. The van der Waals surface area contributed by atoms with Crippen LogP contribution in [-0.4, -0.2) is 30.4 Å². The second kappa shape index (κ2) is 7.00. The zero-order valence-electron chi connectivity index (χ0n) is 12.5. The molecule has 2 aromatic rings. The summed E-state index contributed by atoms with van der Waals surface area (Å²) < 4.78 is 24.8. The van der Waals surface area contributed by atoms with Crippen molar-refractivity contribution in [3.63, 3.8) is 0 Å². The molecule has 0 saturated carbocycles. The summed E-state index contributed by atoms with van der Waals surface area (Å²) in [6.07, 6.45) is 2.16. The monoisotopic (exact) mass is 404 g/mol. The molecule has 1 aromatic carbocycles. The molecule has 128 valence electrons. The van der Waals surface area contributed by atoms with Gasteiger partial charge in [-0.25, -0.2) is 8.42 Å². The Kier molecular flexibility index (Phi) is 5.15. The van der Waals surface area contributed by atoms with E-state index >= 15 is 0 Å². The molecule has 1 fully saturated rings. The minimum Gasteiger partial charge on any atom is -0.319 e. The molecule has 3 rings (SSSR count). The van der Waals surface area contributed by atoms with Crippen molar-refractivity contribution in [2.24, 2.45) is 10.9 Å². The van der Waals surface area contributed by atoms with Gasteiger partial charge in [0.15, 0.2) is 14.6 Å². The first kappa shape index (κ1) is 17.7. The minimum absolute atomic E-state index is 0.0593. The Morgan fingerprint density at radius 3 is 2.83 bits per heavy atom. The van der Waals surface area contributed by atoms with E-state index in [1.165, 1.54) is 11.3 Å². The number of halogens is 2. The fourth-order valence-corrected chi connectivity index (χ4v) is 5.45. The molecule has 1 amide bonds. The van der Waals surface area contributed by atoms with Crippen molar-refractivity contribution in [1.82, 2.24) is 4.57 Å². The van der Waals surface area contributed by atoms with Crippen molar-refractivity contribution in [1.29, 1.82) is 0 Å². The molecular weight excluding hydrogens is 391 g/mol. The molecule has 0 spiro atoms. The highest BCUT2D eigenvalue weighted by Gasteiger charge is 2.32. The zero-order chi connectivity index (χ0) is 17.3. The quantitative estimate of drug-likeness (QED) is 0.789. The number of hydrogen-bond donors (Lipinski definition) is 0. The second-order valence-corrected chi connectivity index (χ2v) is 9.54. The average molecular weight is 405 g/mol. The molecular formula is C15H14Cl2N2O3S2. The van der Waals surface area contributed by atoms with Gasteiger partial charge in [-0.15, -0.1) is 11.3 Å². The Hall–Kier alpha value is -1.15. The Labute approximate surface area is 153 Å². The Bertz CT molecular complexity index is 948. The number of carbonyl (C=O) groups excluding carboxylic acids is 1. The predicted molar refractivity (Wildman–Crippen MR) is 95.2 cm³/mol. The number of amides is 1. The van der Waals surface area contributed by atoms with Gasteiger partial charge in [-0.2, -0.15) is 4.99 Å². The van der Waals surface area contributed by atoms with Crippen LogP contribution in [0.5, 0.6) is 0 Å². The molecule has 1 atom stereocenters. The number of aromatic nitrogens is 1. The third kappa shape index (κ3) is 4.08. The molecule has 9 heteroatoms. The lowest BCUT2D eigenvalue weighted by atomic mass is 10.1. The van der Waals surface area contributed by atoms with Gasteiger partial charge < -0.3 is 4.57 Å². The molecule has 1 saturated heterocycles. The lowest BCUT2D eigenvalue weighted by molar-refractivity contribution is -0.121. The lowest BCUT2D eigenvalue weighted by Crippen LogP contribution is -2.21. The van der Waals surface area contributed by atoms with Crippen LogP contribution in [0.25, 0.3) is 0 Å². The molecule has 1 aliphatic rings. The molecule has 1 aliphatic heterocycles. The Balaban J connectivity index is 1.83. The van der Waals surface area contributed by atoms with E-state index in [1.807, 2.05) is 17.6 Å². The molecule has 0 bridgehead atoms. The van der Waals surface area contributed by atoms with Gasteiger partial charge in [0.2, 0.25) is 0 Å². The van der Waals surface area contributed by atoms with Crippen LogP contribution in [0.15, 0.2) is 34.8 Å². The number of benzene rings is 1. The topological polar surface area (TPSA) is 68.5 Å². The first-order valence-corrected chi connectivity index (χ1v) is 10.7. The third-order valence-corrected chi connectivity index (χ3v) is 6.95. The van der Waals surface area contributed by atoms with Crippen LogP contribution in [-0.2, 0) is 21.2 Å². The van der Waals surface area contributed by atoms with E-state index in [4.69, 9.17) is 23.2 Å². The van der Waals surface area contributed by atoms with Gasteiger partial charge in [-0.3, -0.25) is 4.79 Å². The van der Waals surface area contributed by atoms with Gasteiger partial charge in [0.25, 0.3) is 5.91 Å². The molecule has 5 nitrogen and oxygen atoms in total. The van der Waals surface area contributed by atoms with E-state index in [9.17, 15) is 13.2 Å². The van der Waals surface area contributed by atoms with Gasteiger partial charge >= 0.3 is 0 Å². The molecule has 2 heterocycles. The largest absolute Gasteiger partial charge is 0.319 e. The molecule has 1 unspecified atom stereocenters. The highest BCUT2D eigenvalue weighted by atomic mass is 35.5. The number of rotatable bonds is 3. The summed E-state index contributed by atoms with van der Waals surface area (Å²) in [5.41, 5.74) is 0.858. The molecule has 0 aliphatic carbocycles. The summed E-state index contributed by atoms with van der Waals surface area (Å²) in [4.78, 5) is 16.9. The van der Waals surface area contributed by atoms with Crippen LogP contribution in [0, 0.1) is 5.92 Å². The predicted octanol–water partition coefficient (Wildman–Crippen LogP) is 2.77. The smallest absolute Gasteiger partial charge is 0.252 e. The van der Waals surface area contributed by atoms with E-state index in [0.717, 1.165) is 5.56 Å². The van der Waals surface area contributed by atoms with Gasteiger partial charge in [-0.1, -0.05) is 29.3 Å². The summed E-state index contributed by atoms with van der Waals surface area (Å²) in [7, 11) is -3.10. The van der Waals surface area contributed by atoms with Crippen LogP contribution < -0.4 is 4.80 Å². The van der Waals surface area contributed by atoms with E-state index in [-0.39, 0.29) is 17.4 Å². The van der Waals surface area contributed by atoms with E-state index < -0.39 is 15.8 Å². The SMILES string of the molecule is O=C(N=c1sccn1Cc1ccc(Cl)cc1Cl)C1CCS(=O)(=O)C1. The van der Waals surface area contributed by atoms with Crippen LogP contribution in [0.4, 0.5) is 0 Å². The third-order valence-electron chi connectivity index (χ3n) is 3.80. The van der Waals surface area contributed by atoms with Gasteiger partial charge in [0.1, 0.15) is 0 Å². The lowest BCUT2D eigenvalue weighted by Gasteiger charge is -2.06. The maximum atomic E-state index is 12.2. The summed E-state index contributed by atoms with van der Waals surface area (Å²) in [5, 5.41) is 2.92. The zero-order valence-corrected chi connectivity index (χ0v) is 15.6. The van der Waals surface area contributed by atoms with Crippen molar-refractivity contribution in [2.45, 2.75) is 13.0 Å². The van der Waals surface area contributed by atoms with Crippen molar-refractivity contribution in [3.8, 4) is 0 Å². The van der Waals surface area contributed by atoms with Crippen LogP contribution in [0.3, 0.4) is 0 Å². The summed E-state index contributed by atoms with van der Waals surface area (Å²) in [5.74, 6) is -0.966. The first-order chi connectivity index (χ1) is 11.3. The maximum Gasteiger partial charge on any atom is 0.252 e. The number of nitrogens with zero attached hydrogens (tertiary/aromatic N) is 2. The standard InChI is InChI=1S/C15H14Cl2N2O3S2/c16-12-2-1-10(13(17)7-12)8-19-4-5-23-15(19)18-14(20)11-3-6-24(21,22)9-11/h1-2,4-5,7,11H,3,6,8-9H2. The van der Waals surface area contributed by atoms with E-state index in [0.29, 0.717) is 27.8 Å². The molecule has 24 heavy (non-hydrogen) atoms. The van der Waals surface area contributed by atoms with Crippen LogP contribution in [0.1, 0.15) is 12.0 Å². The van der Waals surface area contributed by atoms with Crippen molar-refractivity contribution in [2.75, 3.05) is 11.5 Å².